The number of hydrogen-bond donors (Lipinski definition) is 0. The van der Waals surface area contributed by atoms with Crippen LogP contribution in [0, 0.1) is 0 Å². The molecule has 0 N–H and O–H groups in total. The summed E-state index contributed by atoms with van der Waals surface area (Å²) in [6, 6.07) is 10.6. The Kier molecular flexibility index (Phi) is 13.1. The van der Waals surface area contributed by atoms with Crippen molar-refractivity contribution in [1.29, 1.82) is 0 Å². The summed E-state index contributed by atoms with van der Waals surface area (Å²) in [5, 5.41) is 2.31. The predicted octanol–water partition coefficient (Wildman–Crippen LogP) is 8.54. The third-order valence-corrected chi connectivity index (χ3v) is 6.01. The smallest absolute Gasteiger partial charge is 0.130 e. The normalized spacial score (nSPS) is 11.2. The first-order valence-corrected chi connectivity index (χ1v) is 12.8. The molecule has 168 valence electrons. The number of alkyl halides is 2. The van der Waals surface area contributed by atoms with Gasteiger partial charge in [0.05, 0.1) is 13.2 Å². The number of hydrogen-bond acceptors (Lipinski definition) is 2. The van der Waals surface area contributed by atoms with Gasteiger partial charge in [-0.25, -0.2) is 0 Å². The first kappa shape index (κ1) is 25.1. The Labute approximate surface area is 193 Å². The minimum Gasteiger partial charge on any atom is -0.493 e. The predicted molar refractivity (Wildman–Crippen MR) is 132 cm³/mol. The Bertz CT molecular complexity index is 717. The molecule has 0 unspecified atom stereocenters. The second-order valence-corrected chi connectivity index (χ2v) is 8.63. The van der Waals surface area contributed by atoms with Gasteiger partial charge in [0, 0.05) is 22.5 Å². The van der Waals surface area contributed by atoms with Gasteiger partial charge in [-0.3, -0.25) is 0 Å². The summed E-state index contributed by atoms with van der Waals surface area (Å²) < 4.78 is 12.5. The lowest BCUT2D eigenvalue weighted by Crippen LogP contribution is -2.03. The van der Waals surface area contributed by atoms with E-state index in [4.69, 9.17) is 32.7 Å². The summed E-state index contributed by atoms with van der Waals surface area (Å²) in [6.45, 7) is 3.71. The quantitative estimate of drug-likeness (QED) is 0.176. The number of halogens is 2. The second kappa shape index (κ2) is 15.6. The molecule has 0 heterocycles. The molecule has 0 radical (unpaired) electrons. The Hall–Kier alpha value is -1.12. The van der Waals surface area contributed by atoms with E-state index in [2.05, 4.69) is 37.3 Å². The molecule has 0 aromatic heterocycles. The van der Waals surface area contributed by atoms with Crippen molar-refractivity contribution < 1.29 is 9.47 Å². The second-order valence-electron chi connectivity index (χ2n) is 7.87. The number of fused-ring (bicyclic) bond motifs is 1. The summed E-state index contributed by atoms with van der Waals surface area (Å²) in [5.74, 6) is 3.55. The highest BCUT2D eigenvalue weighted by atomic mass is 35.5. The zero-order chi connectivity index (χ0) is 21.4. The molecule has 0 fully saturated rings. The van der Waals surface area contributed by atoms with Crippen LogP contribution in [0.4, 0.5) is 0 Å². The van der Waals surface area contributed by atoms with Gasteiger partial charge in [0.1, 0.15) is 11.5 Å². The lowest BCUT2D eigenvalue weighted by molar-refractivity contribution is 0.299. The minimum absolute atomic E-state index is 0.760. The van der Waals surface area contributed by atoms with Crippen molar-refractivity contribution in [3.8, 4) is 11.5 Å². The maximum absolute atomic E-state index is 6.29. The number of benzene rings is 2. The SMILES string of the molecule is CCc1cc(OCCCCCCCCl)c2ccccc2c1OCCCCCCCCl. The standard InChI is InChI=1S/C26H38Cl2O2/c1-2-22-21-25(29-19-13-7-3-5-11-17-27)23-15-9-10-16-24(23)26(22)30-20-14-8-4-6-12-18-28/h9-10,15-16,21H,2-8,11-14,17-20H2,1H3. The van der Waals surface area contributed by atoms with Gasteiger partial charge in [-0.05, 0) is 43.7 Å². The minimum atomic E-state index is 0.760. The van der Waals surface area contributed by atoms with Gasteiger partial charge in [-0.2, -0.15) is 0 Å². The third-order valence-electron chi connectivity index (χ3n) is 5.47. The van der Waals surface area contributed by atoms with Gasteiger partial charge in [0.2, 0.25) is 0 Å². The van der Waals surface area contributed by atoms with Gasteiger partial charge in [-0.15, -0.1) is 23.2 Å². The van der Waals surface area contributed by atoms with Crippen LogP contribution in [0.25, 0.3) is 10.8 Å². The van der Waals surface area contributed by atoms with Crippen molar-refractivity contribution in [2.45, 2.75) is 77.6 Å². The Morgan fingerprint density at radius 3 is 1.80 bits per heavy atom. The maximum Gasteiger partial charge on any atom is 0.130 e. The molecule has 0 aliphatic carbocycles. The molecule has 2 aromatic rings. The highest BCUT2D eigenvalue weighted by Gasteiger charge is 2.13. The molecule has 2 nitrogen and oxygen atoms in total. The average Bonchev–Trinajstić information content (AvgIpc) is 2.78. The van der Waals surface area contributed by atoms with Gasteiger partial charge >= 0.3 is 0 Å². The maximum atomic E-state index is 6.29. The molecule has 0 atom stereocenters. The monoisotopic (exact) mass is 452 g/mol. The summed E-state index contributed by atoms with van der Waals surface area (Å²) in [4.78, 5) is 0. The zero-order valence-corrected chi connectivity index (χ0v) is 20.1. The highest BCUT2D eigenvalue weighted by molar-refractivity contribution is 6.18. The van der Waals surface area contributed by atoms with Crippen LogP contribution in [0.15, 0.2) is 30.3 Å². The van der Waals surface area contributed by atoms with Crippen LogP contribution in [0.2, 0.25) is 0 Å². The molecule has 0 amide bonds. The largest absolute Gasteiger partial charge is 0.493 e. The van der Waals surface area contributed by atoms with Crippen molar-refractivity contribution in [2.24, 2.45) is 0 Å². The molecule has 0 aliphatic rings. The van der Waals surface area contributed by atoms with Crippen molar-refractivity contribution in [3.05, 3.63) is 35.9 Å². The number of aryl methyl sites for hydroxylation is 1. The molecule has 0 aliphatic heterocycles. The van der Waals surface area contributed by atoms with Crippen LogP contribution in [0.3, 0.4) is 0 Å². The molecule has 2 aromatic carbocycles. The Morgan fingerprint density at radius 2 is 1.20 bits per heavy atom. The van der Waals surface area contributed by atoms with Crippen molar-refractivity contribution in [3.63, 3.8) is 0 Å². The highest BCUT2D eigenvalue weighted by Crippen LogP contribution is 2.37. The van der Waals surface area contributed by atoms with E-state index in [0.717, 1.165) is 79.3 Å². The molecule has 4 heteroatoms. The first-order chi connectivity index (χ1) is 14.8. The summed E-state index contributed by atoms with van der Waals surface area (Å²) in [5.41, 5.74) is 1.23. The molecule has 0 saturated carbocycles. The fraction of sp³-hybridized carbons (Fsp3) is 0.615. The third kappa shape index (κ3) is 8.55. The van der Waals surface area contributed by atoms with Gasteiger partial charge in [0.25, 0.3) is 0 Å². The summed E-state index contributed by atoms with van der Waals surface area (Å²) in [7, 11) is 0. The lowest BCUT2D eigenvalue weighted by atomic mass is 10.0. The van der Waals surface area contributed by atoms with E-state index in [1.54, 1.807) is 0 Å². The molecule has 30 heavy (non-hydrogen) atoms. The Morgan fingerprint density at radius 1 is 0.667 bits per heavy atom. The van der Waals surface area contributed by atoms with Crippen LogP contribution >= 0.6 is 23.2 Å². The lowest BCUT2D eigenvalue weighted by Gasteiger charge is -2.17. The molecule has 0 saturated heterocycles. The van der Waals surface area contributed by atoms with Crippen molar-refractivity contribution in [2.75, 3.05) is 25.0 Å². The number of ether oxygens (including phenoxy) is 2. The van der Waals surface area contributed by atoms with Crippen LogP contribution in [0.5, 0.6) is 11.5 Å². The number of unbranched alkanes of at least 4 members (excludes halogenated alkanes) is 8. The van der Waals surface area contributed by atoms with E-state index in [1.165, 1.54) is 44.1 Å². The topological polar surface area (TPSA) is 18.5 Å². The molecule has 0 spiro atoms. The molecular formula is C26H38Cl2O2. The van der Waals surface area contributed by atoms with Crippen molar-refractivity contribution >= 4 is 34.0 Å². The summed E-state index contributed by atoms with van der Waals surface area (Å²) in [6.07, 6.45) is 12.6. The summed E-state index contributed by atoms with van der Waals surface area (Å²) >= 11 is 11.5. The fourth-order valence-corrected chi connectivity index (χ4v) is 4.11. The van der Waals surface area contributed by atoms with E-state index in [1.807, 2.05) is 0 Å². The van der Waals surface area contributed by atoms with E-state index >= 15 is 0 Å². The first-order valence-electron chi connectivity index (χ1n) is 11.7. The van der Waals surface area contributed by atoms with E-state index in [9.17, 15) is 0 Å². The molecular weight excluding hydrogens is 415 g/mol. The van der Waals surface area contributed by atoms with Crippen LogP contribution in [-0.2, 0) is 6.42 Å². The van der Waals surface area contributed by atoms with Gasteiger partial charge in [0.15, 0.2) is 0 Å². The van der Waals surface area contributed by atoms with Crippen LogP contribution < -0.4 is 9.47 Å². The van der Waals surface area contributed by atoms with Crippen molar-refractivity contribution in [1.82, 2.24) is 0 Å². The van der Waals surface area contributed by atoms with Crippen LogP contribution in [0.1, 0.15) is 76.7 Å². The zero-order valence-electron chi connectivity index (χ0n) is 18.6. The molecule has 0 bridgehead atoms. The average molecular weight is 453 g/mol. The van der Waals surface area contributed by atoms with Crippen LogP contribution in [-0.4, -0.2) is 25.0 Å². The molecule has 2 rings (SSSR count). The fourth-order valence-electron chi connectivity index (χ4n) is 3.73. The van der Waals surface area contributed by atoms with Gasteiger partial charge < -0.3 is 9.47 Å². The number of rotatable bonds is 17. The Balaban J connectivity index is 1.96. The van der Waals surface area contributed by atoms with E-state index < -0.39 is 0 Å². The van der Waals surface area contributed by atoms with E-state index in [-0.39, 0.29) is 0 Å². The van der Waals surface area contributed by atoms with E-state index in [0.29, 0.717) is 0 Å². The van der Waals surface area contributed by atoms with Gasteiger partial charge in [-0.1, -0.05) is 69.7 Å².